The molecular weight excluding hydrogens is 391 g/mol. The molecule has 1 aliphatic heterocycles. The van der Waals surface area contributed by atoms with Gasteiger partial charge in [-0.1, -0.05) is 32.0 Å². The van der Waals surface area contributed by atoms with Crippen molar-refractivity contribution in [1.82, 2.24) is 8.87 Å². The predicted octanol–water partition coefficient (Wildman–Crippen LogP) is 2.57. The van der Waals surface area contributed by atoms with Crippen LogP contribution in [0.2, 0.25) is 0 Å². The van der Waals surface area contributed by atoms with Crippen LogP contribution in [-0.2, 0) is 30.8 Å². The molecule has 1 aromatic heterocycles. The average Bonchev–Trinajstić information content (AvgIpc) is 3.07. The van der Waals surface area contributed by atoms with E-state index in [0.29, 0.717) is 24.1 Å². The number of aromatic nitrogens is 1. The molecule has 0 radical (unpaired) electrons. The molecule has 0 atom stereocenters. The lowest BCUT2D eigenvalue weighted by Crippen LogP contribution is -2.44. The fourth-order valence-electron chi connectivity index (χ4n) is 3.71. The number of hydrogen-bond donors (Lipinski definition) is 0. The van der Waals surface area contributed by atoms with Gasteiger partial charge in [0.15, 0.2) is 0 Å². The van der Waals surface area contributed by atoms with Crippen LogP contribution in [-0.4, -0.2) is 55.8 Å². The lowest BCUT2D eigenvalue weighted by Gasteiger charge is -2.32. The number of rotatable bonds is 7. The first-order valence-corrected chi connectivity index (χ1v) is 11.4. The second kappa shape index (κ2) is 7.70. The van der Waals surface area contributed by atoms with Crippen LogP contribution in [0.5, 0.6) is 0 Å². The molecule has 0 aliphatic carbocycles. The molecule has 7 nitrogen and oxygen atoms in total. The molecule has 9 heteroatoms. The minimum Gasteiger partial charge on any atom is -0.398 e. The van der Waals surface area contributed by atoms with Gasteiger partial charge in [0.05, 0.1) is 22.3 Å². The quantitative estimate of drug-likeness (QED) is 0.642. The molecule has 160 valence electrons. The number of benzene rings is 1. The molecular formula is C20H31BN2O5S. The third-order valence-corrected chi connectivity index (χ3v) is 8.14. The number of fused-ring (bicyclic) bond motifs is 1. The molecule has 0 spiro atoms. The van der Waals surface area contributed by atoms with Crippen molar-refractivity contribution in [3.05, 3.63) is 24.3 Å². The Labute approximate surface area is 174 Å². The first-order valence-electron chi connectivity index (χ1n) is 9.97. The van der Waals surface area contributed by atoms with Crippen molar-refractivity contribution in [3.8, 4) is 0 Å². The van der Waals surface area contributed by atoms with Crippen molar-refractivity contribution in [2.24, 2.45) is 0 Å². The van der Waals surface area contributed by atoms with Gasteiger partial charge >= 0.3 is 7.12 Å². The smallest absolute Gasteiger partial charge is 0.398 e. The summed E-state index contributed by atoms with van der Waals surface area (Å²) < 4.78 is 48.6. The summed E-state index contributed by atoms with van der Waals surface area (Å²) in [4.78, 5) is 0.229. The SMILES string of the molecule is CCN(CC)S(=O)(=O)c1c(B2OC(C)(C)C(C)(C)O2)n(COC)c2ccccc12. The van der Waals surface area contributed by atoms with Crippen LogP contribution in [0, 0.1) is 0 Å². The highest BCUT2D eigenvalue weighted by Gasteiger charge is 2.54. The van der Waals surface area contributed by atoms with Crippen LogP contribution in [0.15, 0.2) is 29.2 Å². The molecule has 0 N–H and O–H groups in total. The van der Waals surface area contributed by atoms with Crippen molar-refractivity contribution >= 4 is 33.6 Å². The molecule has 0 unspecified atom stereocenters. The van der Waals surface area contributed by atoms with Crippen LogP contribution in [0.3, 0.4) is 0 Å². The fourth-order valence-corrected chi connectivity index (χ4v) is 5.57. The minimum absolute atomic E-state index is 0.188. The Morgan fingerprint density at radius 2 is 1.62 bits per heavy atom. The highest BCUT2D eigenvalue weighted by molar-refractivity contribution is 7.89. The van der Waals surface area contributed by atoms with Gasteiger partial charge in [-0.25, -0.2) is 8.42 Å². The summed E-state index contributed by atoms with van der Waals surface area (Å²) in [6.45, 7) is 12.4. The van der Waals surface area contributed by atoms with E-state index >= 15 is 0 Å². The topological polar surface area (TPSA) is 70.0 Å². The Kier molecular flexibility index (Phi) is 5.92. The predicted molar refractivity (Wildman–Crippen MR) is 115 cm³/mol. The average molecular weight is 422 g/mol. The highest BCUT2D eigenvalue weighted by atomic mass is 32.2. The molecule has 0 saturated carbocycles. The van der Waals surface area contributed by atoms with Gasteiger partial charge in [0.25, 0.3) is 0 Å². The number of nitrogens with zero attached hydrogens (tertiary/aromatic N) is 2. The lowest BCUT2D eigenvalue weighted by molar-refractivity contribution is 0.00578. The normalized spacial score (nSPS) is 18.8. The van der Waals surface area contributed by atoms with E-state index in [4.69, 9.17) is 14.0 Å². The van der Waals surface area contributed by atoms with Gasteiger partial charge in [0.2, 0.25) is 10.0 Å². The second-order valence-electron chi connectivity index (χ2n) is 8.25. The largest absolute Gasteiger partial charge is 0.513 e. The van der Waals surface area contributed by atoms with Crippen LogP contribution < -0.4 is 5.59 Å². The summed E-state index contributed by atoms with van der Waals surface area (Å²) in [5, 5.41) is 0.640. The Bertz CT molecular complexity index is 980. The van der Waals surface area contributed by atoms with Gasteiger partial charge in [0, 0.05) is 25.6 Å². The van der Waals surface area contributed by atoms with E-state index in [1.807, 2.05) is 70.4 Å². The van der Waals surface area contributed by atoms with E-state index in [-0.39, 0.29) is 11.6 Å². The van der Waals surface area contributed by atoms with Gasteiger partial charge in [-0.15, -0.1) is 0 Å². The number of sulfonamides is 1. The molecule has 1 aliphatic rings. The molecule has 1 saturated heterocycles. The molecule has 3 rings (SSSR count). The standard InChI is InChI=1S/C20H31BN2O5S/c1-8-22(9-2)29(24,25)17-15-12-10-11-13-16(15)23(14-26-7)18(17)21-27-19(3,4)20(5,6)28-21/h10-13H,8-9,14H2,1-7H3. The molecule has 0 amide bonds. The van der Waals surface area contributed by atoms with Crippen LogP contribution in [0.4, 0.5) is 0 Å². The molecule has 1 aromatic carbocycles. The van der Waals surface area contributed by atoms with E-state index in [0.717, 1.165) is 5.52 Å². The van der Waals surface area contributed by atoms with E-state index in [1.165, 1.54) is 4.31 Å². The Morgan fingerprint density at radius 3 is 2.14 bits per heavy atom. The van der Waals surface area contributed by atoms with E-state index < -0.39 is 28.3 Å². The summed E-state index contributed by atoms with van der Waals surface area (Å²) >= 11 is 0. The first-order chi connectivity index (χ1) is 13.5. The van der Waals surface area contributed by atoms with Gasteiger partial charge in [-0.05, 0) is 33.8 Å². The number of ether oxygens (including phenoxy) is 1. The molecule has 29 heavy (non-hydrogen) atoms. The van der Waals surface area contributed by atoms with Gasteiger partial charge in [0.1, 0.15) is 11.6 Å². The van der Waals surface area contributed by atoms with Crippen LogP contribution in [0.25, 0.3) is 10.9 Å². The first kappa shape index (κ1) is 22.3. The molecule has 1 fully saturated rings. The lowest BCUT2D eigenvalue weighted by atomic mass is 9.84. The number of methoxy groups -OCH3 is 1. The third kappa shape index (κ3) is 3.53. The van der Waals surface area contributed by atoms with Gasteiger partial charge < -0.3 is 18.6 Å². The molecule has 2 heterocycles. The Balaban J connectivity index is 2.35. The van der Waals surface area contributed by atoms with Crippen molar-refractivity contribution in [2.45, 2.75) is 64.4 Å². The zero-order valence-corrected chi connectivity index (χ0v) is 19.2. The zero-order valence-electron chi connectivity index (χ0n) is 18.4. The summed E-state index contributed by atoms with van der Waals surface area (Å²) in [5.41, 5.74) is 0.0493. The molecule has 2 aromatic rings. The van der Waals surface area contributed by atoms with E-state index in [9.17, 15) is 8.42 Å². The monoisotopic (exact) mass is 422 g/mol. The molecule has 0 bridgehead atoms. The van der Waals surface area contributed by atoms with Crippen LogP contribution in [0.1, 0.15) is 41.5 Å². The summed E-state index contributed by atoms with van der Waals surface area (Å²) in [7, 11) is -3.02. The summed E-state index contributed by atoms with van der Waals surface area (Å²) in [5.74, 6) is 0. The number of para-hydroxylation sites is 1. The maximum atomic E-state index is 13.7. The maximum Gasteiger partial charge on any atom is 0.513 e. The van der Waals surface area contributed by atoms with Gasteiger partial charge in [-0.3, -0.25) is 0 Å². The van der Waals surface area contributed by atoms with E-state index in [2.05, 4.69) is 0 Å². The Morgan fingerprint density at radius 1 is 1.07 bits per heavy atom. The van der Waals surface area contributed by atoms with Crippen molar-refractivity contribution < 1.29 is 22.5 Å². The van der Waals surface area contributed by atoms with Crippen molar-refractivity contribution in [1.29, 1.82) is 0 Å². The third-order valence-electron chi connectivity index (χ3n) is 6.00. The van der Waals surface area contributed by atoms with Gasteiger partial charge in [-0.2, -0.15) is 4.31 Å². The van der Waals surface area contributed by atoms with Crippen LogP contribution >= 0.6 is 0 Å². The summed E-state index contributed by atoms with van der Waals surface area (Å²) in [6.07, 6.45) is 0. The summed E-state index contributed by atoms with van der Waals surface area (Å²) in [6, 6.07) is 7.45. The maximum absolute atomic E-state index is 13.7. The number of hydrogen-bond acceptors (Lipinski definition) is 5. The highest BCUT2D eigenvalue weighted by Crippen LogP contribution is 2.38. The van der Waals surface area contributed by atoms with Crippen molar-refractivity contribution in [3.63, 3.8) is 0 Å². The Hall–Kier alpha value is -1.39. The minimum atomic E-state index is -3.77. The van der Waals surface area contributed by atoms with E-state index in [1.54, 1.807) is 7.11 Å². The zero-order chi connectivity index (χ0) is 21.6. The second-order valence-corrected chi connectivity index (χ2v) is 10.1. The van der Waals surface area contributed by atoms with Crippen molar-refractivity contribution in [2.75, 3.05) is 20.2 Å². The fraction of sp³-hybridized carbons (Fsp3) is 0.600.